The summed E-state index contributed by atoms with van der Waals surface area (Å²) in [5.41, 5.74) is 3.77. The fourth-order valence-corrected chi connectivity index (χ4v) is 6.43. The van der Waals surface area contributed by atoms with Gasteiger partial charge in [-0.15, -0.1) is 0 Å². The Morgan fingerprint density at radius 2 is 1.39 bits per heavy atom. The minimum Gasteiger partial charge on any atom is -0.373 e. The van der Waals surface area contributed by atoms with Crippen LogP contribution in [0.5, 0.6) is 0 Å². The second-order valence-corrected chi connectivity index (χ2v) is 11.1. The predicted octanol–water partition coefficient (Wildman–Crippen LogP) is 9.48. The molecule has 2 aliphatic carbocycles. The van der Waals surface area contributed by atoms with Gasteiger partial charge in [-0.1, -0.05) is 61.9 Å². The Morgan fingerprint density at radius 3 is 2.03 bits per heavy atom. The van der Waals surface area contributed by atoms with Gasteiger partial charge in [0.1, 0.15) is 0 Å². The molecule has 2 aromatic carbocycles. The lowest BCUT2D eigenvalue weighted by Crippen LogP contribution is -2.28. The van der Waals surface area contributed by atoms with Crippen LogP contribution in [-0.2, 0) is 24.2 Å². The quantitative estimate of drug-likeness (QED) is 0.299. The molecule has 0 saturated heterocycles. The van der Waals surface area contributed by atoms with Gasteiger partial charge in [0.05, 0.1) is 12.7 Å². The summed E-state index contributed by atoms with van der Waals surface area (Å²) in [6, 6.07) is 12.8. The summed E-state index contributed by atoms with van der Waals surface area (Å²) in [5, 5.41) is 0. The van der Waals surface area contributed by atoms with Gasteiger partial charge in [0.25, 0.3) is 0 Å². The van der Waals surface area contributed by atoms with E-state index in [-0.39, 0.29) is 12.7 Å². The van der Waals surface area contributed by atoms with Gasteiger partial charge >= 0.3 is 0 Å². The number of benzene rings is 2. The molecule has 0 unspecified atom stereocenters. The van der Waals surface area contributed by atoms with Gasteiger partial charge < -0.3 is 4.74 Å². The lowest BCUT2D eigenvalue weighted by Gasteiger charge is -2.38. The van der Waals surface area contributed by atoms with Crippen molar-refractivity contribution in [3.05, 3.63) is 82.4 Å². The smallest absolute Gasteiger partial charge is 0.164 e. The van der Waals surface area contributed by atoms with Gasteiger partial charge in [-0.05, 0) is 112 Å². The Morgan fingerprint density at radius 1 is 0.778 bits per heavy atom. The van der Waals surface area contributed by atoms with Gasteiger partial charge in [0, 0.05) is 5.56 Å². The lowest BCUT2D eigenvalue weighted by molar-refractivity contribution is -0.00322. The van der Waals surface area contributed by atoms with E-state index in [4.69, 9.17) is 4.74 Å². The standard InChI is InChI=1S/C33H44F2O/c1-3-5-6-8-24-9-11-25(12-10-24)26-13-15-27(16-14-26)28-19-21-31(22-20-28)36-23-30-18-17-29(7-4-2)32(34)33(30)35/h3,5,9-12,17-18,26-28,31H,4,6-8,13-16,19-23H2,1-2H3/b5-3+. The zero-order chi connectivity index (χ0) is 25.3. The van der Waals surface area contributed by atoms with E-state index in [1.165, 1.54) is 49.7 Å². The molecule has 4 rings (SSSR count). The minimum absolute atomic E-state index is 0.168. The Hall–Kier alpha value is -2.00. The van der Waals surface area contributed by atoms with Crippen LogP contribution in [0.15, 0.2) is 48.6 Å². The Kier molecular flexibility index (Phi) is 10.2. The van der Waals surface area contributed by atoms with E-state index in [0.717, 1.165) is 43.9 Å². The van der Waals surface area contributed by atoms with E-state index in [1.54, 1.807) is 12.1 Å². The van der Waals surface area contributed by atoms with Crippen molar-refractivity contribution >= 4 is 0 Å². The van der Waals surface area contributed by atoms with Crippen molar-refractivity contribution in [2.45, 2.75) is 110 Å². The number of ether oxygens (including phenoxy) is 1. The van der Waals surface area contributed by atoms with Crippen LogP contribution in [0, 0.1) is 23.5 Å². The summed E-state index contributed by atoms with van der Waals surface area (Å²) in [4.78, 5) is 0. The van der Waals surface area contributed by atoms with E-state index in [9.17, 15) is 8.78 Å². The highest BCUT2D eigenvalue weighted by atomic mass is 19.2. The number of allylic oxidation sites excluding steroid dienone is 2. The zero-order valence-corrected chi connectivity index (χ0v) is 22.3. The van der Waals surface area contributed by atoms with Crippen molar-refractivity contribution in [1.29, 1.82) is 0 Å². The third kappa shape index (κ3) is 7.06. The first-order valence-electron chi connectivity index (χ1n) is 14.4. The maximum atomic E-state index is 14.4. The number of halogens is 2. The molecule has 2 aromatic rings. The maximum Gasteiger partial charge on any atom is 0.164 e. The molecule has 0 amide bonds. The topological polar surface area (TPSA) is 9.23 Å². The first-order valence-corrected chi connectivity index (χ1v) is 14.4. The molecule has 196 valence electrons. The molecule has 3 heteroatoms. The summed E-state index contributed by atoms with van der Waals surface area (Å²) < 4.78 is 34.7. The average molecular weight is 495 g/mol. The summed E-state index contributed by atoms with van der Waals surface area (Å²) in [6.45, 7) is 4.23. The maximum absolute atomic E-state index is 14.4. The van der Waals surface area contributed by atoms with Gasteiger partial charge in [-0.25, -0.2) is 8.78 Å². The van der Waals surface area contributed by atoms with Gasteiger partial charge in [0.15, 0.2) is 11.6 Å². The van der Waals surface area contributed by atoms with Gasteiger partial charge in [-0.2, -0.15) is 0 Å². The second kappa shape index (κ2) is 13.5. The molecule has 1 nitrogen and oxygen atoms in total. The Bertz CT molecular complexity index is 964. The molecule has 0 aliphatic heterocycles. The zero-order valence-electron chi connectivity index (χ0n) is 22.3. The van der Waals surface area contributed by atoms with Crippen LogP contribution < -0.4 is 0 Å². The summed E-state index contributed by atoms with van der Waals surface area (Å²) >= 11 is 0. The van der Waals surface area contributed by atoms with E-state index >= 15 is 0 Å². The molecular formula is C33H44F2O. The summed E-state index contributed by atoms with van der Waals surface area (Å²) in [6.07, 6.45) is 17.9. The highest BCUT2D eigenvalue weighted by molar-refractivity contribution is 5.27. The molecule has 0 heterocycles. The first kappa shape index (κ1) is 27.0. The monoisotopic (exact) mass is 494 g/mol. The molecule has 0 atom stereocenters. The molecule has 2 saturated carbocycles. The number of hydrogen-bond donors (Lipinski definition) is 0. The molecule has 2 fully saturated rings. The van der Waals surface area contributed by atoms with Crippen molar-refractivity contribution in [3.8, 4) is 0 Å². The minimum atomic E-state index is -0.727. The lowest BCUT2D eigenvalue weighted by atomic mass is 9.69. The van der Waals surface area contributed by atoms with Crippen LogP contribution in [0.3, 0.4) is 0 Å². The Balaban J connectivity index is 1.18. The second-order valence-electron chi connectivity index (χ2n) is 11.1. The van der Waals surface area contributed by atoms with E-state index in [2.05, 4.69) is 43.3 Å². The third-order valence-corrected chi connectivity index (χ3v) is 8.68. The highest BCUT2D eigenvalue weighted by Crippen LogP contribution is 2.43. The summed E-state index contributed by atoms with van der Waals surface area (Å²) in [5.74, 6) is 0.916. The Labute approximate surface area is 217 Å². The molecular weight excluding hydrogens is 450 g/mol. The van der Waals surface area contributed by atoms with Crippen molar-refractivity contribution < 1.29 is 13.5 Å². The normalized spacial score (nSPS) is 24.9. The molecule has 2 aliphatic rings. The molecule has 0 radical (unpaired) electrons. The number of aryl methyl sites for hydroxylation is 2. The SMILES string of the molecule is C/C=C/CCc1ccc(C2CCC(C3CCC(OCc4ccc(CCC)c(F)c4F)CC3)CC2)cc1. The van der Waals surface area contributed by atoms with E-state index in [1.807, 2.05) is 6.92 Å². The number of rotatable bonds is 10. The predicted molar refractivity (Wildman–Crippen MR) is 145 cm³/mol. The molecule has 0 aromatic heterocycles. The van der Waals surface area contributed by atoms with Gasteiger partial charge in [-0.3, -0.25) is 0 Å². The van der Waals surface area contributed by atoms with Crippen LogP contribution in [0.4, 0.5) is 8.78 Å². The van der Waals surface area contributed by atoms with Crippen molar-refractivity contribution in [3.63, 3.8) is 0 Å². The molecule has 0 N–H and O–H groups in total. The fraction of sp³-hybridized carbons (Fsp3) is 0.576. The van der Waals surface area contributed by atoms with Crippen molar-refractivity contribution in [2.24, 2.45) is 11.8 Å². The van der Waals surface area contributed by atoms with Crippen molar-refractivity contribution in [2.75, 3.05) is 0 Å². The van der Waals surface area contributed by atoms with Gasteiger partial charge in [0.2, 0.25) is 0 Å². The van der Waals surface area contributed by atoms with Crippen LogP contribution >= 0.6 is 0 Å². The van der Waals surface area contributed by atoms with Crippen LogP contribution in [0.25, 0.3) is 0 Å². The highest BCUT2D eigenvalue weighted by Gasteiger charge is 2.31. The largest absolute Gasteiger partial charge is 0.373 e. The van der Waals surface area contributed by atoms with Crippen LogP contribution in [-0.4, -0.2) is 6.10 Å². The van der Waals surface area contributed by atoms with E-state index < -0.39 is 11.6 Å². The fourth-order valence-electron chi connectivity index (χ4n) is 6.43. The summed E-state index contributed by atoms with van der Waals surface area (Å²) in [7, 11) is 0. The van der Waals surface area contributed by atoms with E-state index in [0.29, 0.717) is 23.5 Å². The first-order chi connectivity index (χ1) is 17.6. The number of hydrogen-bond acceptors (Lipinski definition) is 1. The third-order valence-electron chi connectivity index (χ3n) is 8.68. The molecule has 0 spiro atoms. The van der Waals surface area contributed by atoms with Crippen LogP contribution in [0.2, 0.25) is 0 Å². The van der Waals surface area contributed by atoms with Crippen molar-refractivity contribution in [1.82, 2.24) is 0 Å². The van der Waals surface area contributed by atoms with Crippen LogP contribution in [0.1, 0.15) is 106 Å². The molecule has 36 heavy (non-hydrogen) atoms. The molecule has 0 bridgehead atoms. The average Bonchev–Trinajstić information content (AvgIpc) is 2.92.